The summed E-state index contributed by atoms with van der Waals surface area (Å²) in [6.45, 7) is 1.72. The summed E-state index contributed by atoms with van der Waals surface area (Å²) in [7, 11) is 0. The average molecular weight is 371 g/mol. The third-order valence-electron chi connectivity index (χ3n) is 4.13. The fourth-order valence-electron chi connectivity index (χ4n) is 2.90. The van der Waals surface area contributed by atoms with Crippen molar-refractivity contribution in [3.63, 3.8) is 0 Å². The molecule has 0 fully saturated rings. The van der Waals surface area contributed by atoms with Crippen molar-refractivity contribution in [2.75, 3.05) is 5.32 Å². The Balaban J connectivity index is 1.74. The molecule has 0 spiro atoms. The molecule has 7 heteroatoms. The first-order chi connectivity index (χ1) is 13.6. The van der Waals surface area contributed by atoms with E-state index in [1.165, 1.54) is 0 Å². The molecule has 2 N–H and O–H groups in total. The molecule has 138 valence electrons. The Kier molecular flexibility index (Phi) is 4.55. The molecule has 2 aromatic carbocycles. The highest BCUT2D eigenvalue weighted by atomic mass is 16.2. The van der Waals surface area contributed by atoms with Crippen molar-refractivity contribution in [2.45, 2.75) is 6.92 Å². The van der Waals surface area contributed by atoms with Crippen molar-refractivity contribution in [2.24, 2.45) is 0 Å². The zero-order valence-electron chi connectivity index (χ0n) is 15.1. The standard InChI is InChI=1S/C21H17N5O2/c1-14-12-19(24-21(28)22-14)23-20(27)17-13-18(15-8-4-2-5-9-15)26(25-17)16-10-6-3-7-11-16/h2-13H,1H3,(H2,22,23,24,27,28). The zero-order valence-corrected chi connectivity index (χ0v) is 15.1. The van der Waals surface area contributed by atoms with E-state index in [9.17, 15) is 9.59 Å². The van der Waals surface area contributed by atoms with E-state index in [2.05, 4.69) is 20.4 Å². The molecule has 4 rings (SSSR count). The number of anilines is 1. The minimum Gasteiger partial charge on any atom is -0.310 e. The number of H-pyrrole nitrogens is 1. The summed E-state index contributed by atoms with van der Waals surface area (Å²) >= 11 is 0. The number of carbonyl (C=O) groups is 1. The summed E-state index contributed by atoms with van der Waals surface area (Å²) in [5, 5.41) is 7.13. The number of carbonyl (C=O) groups excluding carboxylic acids is 1. The lowest BCUT2D eigenvalue weighted by Gasteiger charge is -2.07. The summed E-state index contributed by atoms with van der Waals surface area (Å²) < 4.78 is 1.72. The number of benzene rings is 2. The summed E-state index contributed by atoms with van der Waals surface area (Å²) in [5.74, 6) is -0.258. The van der Waals surface area contributed by atoms with Crippen LogP contribution in [0.15, 0.2) is 77.6 Å². The van der Waals surface area contributed by atoms with Gasteiger partial charge in [-0.25, -0.2) is 9.48 Å². The van der Waals surface area contributed by atoms with Gasteiger partial charge in [-0.3, -0.25) is 4.79 Å². The minimum atomic E-state index is -0.518. The smallest absolute Gasteiger partial charge is 0.310 e. The topological polar surface area (TPSA) is 92.7 Å². The number of aromatic amines is 1. The van der Waals surface area contributed by atoms with E-state index in [4.69, 9.17) is 0 Å². The molecule has 0 aliphatic rings. The molecule has 0 saturated carbocycles. The van der Waals surface area contributed by atoms with Gasteiger partial charge in [0.05, 0.1) is 11.4 Å². The lowest BCUT2D eigenvalue weighted by molar-refractivity contribution is 0.102. The number of aryl methyl sites for hydroxylation is 1. The molecule has 0 unspecified atom stereocenters. The monoisotopic (exact) mass is 371 g/mol. The average Bonchev–Trinajstić information content (AvgIpc) is 3.14. The summed E-state index contributed by atoms with van der Waals surface area (Å²) in [5.41, 5.74) is 2.87. The molecule has 4 aromatic rings. The van der Waals surface area contributed by atoms with Gasteiger partial charge in [0.2, 0.25) is 0 Å². The van der Waals surface area contributed by atoms with E-state index < -0.39 is 11.6 Å². The first-order valence-electron chi connectivity index (χ1n) is 8.70. The van der Waals surface area contributed by atoms with Crippen LogP contribution in [0.5, 0.6) is 0 Å². The molecule has 28 heavy (non-hydrogen) atoms. The second kappa shape index (κ2) is 7.32. The number of nitrogens with one attached hydrogen (secondary N) is 2. The Morgan fingerprint density at radius 1 is 1.00 bits per heavy atom. The molecular formula is C21H17N5O2. The van der Waals surface area contributed by atoms with Crippen LogP contribution in [-0.2, 0) is 0 Å². The van der Waals surface area contributed by atoms with E-state index in [-0.39, 0.29) is 11.5 Å². The molecule has 2 aromatic heterocycles. The van der Waals surface area contributed by atoms with E-state index in [1.807, 2.05) is 60.7 Å². The highest BCUT2D eigenvalue weighted by Gasteiger charge is 2.17. The SMILES string of the molecule is Cc1cc(NC(=O)c2cc(-c3ccccc3)n(-c3ccccc3)n2)nc(=O)[nH]1. The number of rotatable bonds is 4. The van der Waals surface area contributed by atoms with Crippen LogP contribution in [0.2, 0.25) is 0 Å². The first kappa shape index (κ1) is 17.4. The zero-order chi connectivity index (χ0) is 19.5. The maximum absolute atomic E-state index is 12.7. The third-order valence-corrected chi connectivity index (χ3v) is 4.13. The van der Waals surface area contributed by atoms with Crippen molar-refractivity contribution in [3.8, 4) is 16.9 Å². The summed E-state index contributed by atoms with van der Waals surface area (Å²) in [6, 6.07) is 22.6. The Morgan fingerprint density at radius 3 is 2.36 bits per heavy atom. The molecule has 0 saturated heterocycles. The molecular weight excluding hydrogens is 354 g/mol. The van der Waals surface area contributed by atoms with E-state index in [0.717, 1.165) is 16.9 Å². The normalized spacial score (nSPS) is 10.6. The number of aromatic nitrogens is 4. The molecule has 0 radical (unpaired) electrons. The van der Waals surface area contributed by atoms with E-state index in [1.54, 1.807) is 23.7 Å². The highest BCUT2D eigenvalue weighted by Crippen LogP contribution is 2.24. The van der Waals surface area contributed by atoms with Crippen molar-refractivity contribution >= 4 is 11.7 Å². The van der Waals surface area contributed by atoms with Crippen molar-refractivity contribution in [1.82, 2.24) is 19.7 Å². The number of para-hydroxylation sites is 1. The molecule has 0 aliphatic heterocycles. The quantitative estimate of drug-likeness (QED) is 0.576. The van der Waals surface area contributed by atoms with Crippen LogP contribution in [0.4, 0.5) is 5.82 Å². The maximum atomic E-state index is 12.7. The predicted molar refractivity (Wildman–Crippen MR) is 107 cm³/mol. The fourth-order valence-corrected chi connectivity index (χ4v) is 2.90. The van der Waals surface area contributed by atoms with Crippen LogP contribution in [-0.4, -0.2) is 25.7 Å². The molecule has 1 amide bonds. The molecule has 2 heterocycles. The largest absolute Gasteiger partial charge is 0.347 e. The minimum absolute atomic E-state index is 0.182. The third kappa shape index (κ3) is 3.59. The Labute approximate surface area is 160 Å². The molecule has 0 aliphatic carbocycles. The van der Waals surface area contributed by atoms with E-state index in [0.29, 0.717) is 5.69 Å². The first-order valence-corrected chi connectivity index (χ1v) is 8.70. The van der Waals surface area contributed by atoms with Gasteiger partial charge in [0, 0.05) is 17.3 Å². The van der Waals surface area contributed by atoms with Gasteiger partial charge >= 0.3 is 5.69 Å². The number of hydrogen-bond acceptors (Lipinski definition) is 4. The van der Waals surface area contributed by atoms with Crippen LogP contribution in [0, 0.1) is 6.92 Å². The van der Waals surface area contributed by atoms with Crippen molar-refractivity contribution in [1.29, 1.82) is 0 Å². The van der Waals surface area contributed by atoms with Gasteiger partial charge in [0.1, 0.15) is 5.82 Å². The predicted octanol–water partition coefficient (Wildman–Crippen LogP) is 3.18. The van der Waals surface area contributed by atoms with Crippen LogP contribution >= 0.6 is 0 Å². The lowest BCUT2D eigenvalue weighted by atomic mass is 10.1. The van der Waals surface area contributed by atoms with Crippen molar-refractivity contribution in [3.05, 3.63) is 94.7 Å². The number of amides is 1. The van der Waals surface area contributed by atoms with Gasteiger partial charge in [0.15, 0.2) is 5.69 Å². The van der Waals surface area contributed by atoms with Crippen LogP contribution in [0.3, 0.4) is 0 Å². The second-order valence-corrected chi connectivity index (χ2v) is 6.24. The lowest BCUT2D eigenvalue weighted by Crippen LogP contribution is -2.19. The molecule has 0 bridgehead atoms. The van der Waals surface area contributed by atoms with Crippen LogP contribution in [0.1, 0.15) is 16.2 Å². The fraction of sp³-hybridized carbons (Fsp3) is 0.0476. The Morgan fingerprint density at radius 2 is 1.68 bits per heavy atom. The van der Waals surface area contributed by atoms with Gasteiger partial charge in [-0.05, 0) is 25.1 Å². The van der Waals surface area contributed by atoms with Gasteiger partial charge < -0.3 is 10.3 Å². The van der Waals surface area contributed by atoms with Gasteiger partial charge in [-0.2, -0.15) is 10.1 Å². The molecule has 0 atom stereocenters. The van der Waals surface area contributed by atoms with Gasteiger partial charge in [0.25, 0.3) is 5.91 Å². The van der Waals surface area contributed by atoms with Gasteiger partial charge in [-0.15, -0.1) is 0 Å². The summed E-state index contributed by atoms with van der Waals surface area (Å²) in [6.07, 6.45) is 0. The Bertz CT molecular complexity index is 1120. The van der Waals surface area contributed by atoms with Crippen molar-refractivity contribution < 1.29 is 4.79 Å². The van der Waals surface area contributed by atoms with Gasteiger partial charge in [-0.1, -0.05) is 48.5 Å². The second-order valence-electron chi connectivity index (χ2n) is 6.24. The van der Waals surface area contributed by atoms with E-state index >= 15 is 0 Å². The van der Waals surface area contributed by atoms with Crippen LogP contribution in [0.25, 0.3) is 16.9 Å². The number of hydrogen-bond donors (Lipinski definition) is 2. The number of nitrogens with zero attached hydrogens (tertiary/aromatic N) is 3. The molecule has 7 nitrogen and oxygen atoms in total. The maximum Gasteiger partial charge on any atom is 0.347 e. The highest BCUT2D eigenvalue weighted by molar-refractivity contribution is 6.03. The summed E-state index contributed by atoms with van der Waals surface area (Å²) in [4.78, 5) is 30.6. The Hall–Kier alpha value is -4.00. The van der Waals surface area contributed by atoms with Crippen LogP contribution < -0.4 is 11.0 Å².